The van der Waals surface area contributed by atoms with Gasteiger partial charge in [-0.05, 0) is 18.9 Å². The van der Waals surface area contributed by atoms with Gasteiger partial charge in [-0.3, -0.25) is 4.90 Å². The SMILES string of the molecule is OCC1(CN2CCOc3ccccc3C2)CCCCCC1. The monoisotopic (exact) mass is 289 g/mol. The number of fused-ring (bicyclic) bond motifs is 1. The average molecular weight is 289 g/mol. The molecule has 1 aromatic carbocycles. The molecule has 0 atom stereocenters. The minimum Gasteiger partial charge on any atom is -0.492 e. The van der Waals surface area contributed by atoms with Crippen LogP contribution in [0.4, 0.5) is 0 Å². The third-order valence-electron chi connectivity index (χ3n) is 5.09. The molecule has 116 valence electrons. The summed E-state index contributed by atoms with van der Waals surface area (Å²) in [5, 5.41) is 10.0. The van der Waals surface area contributed by atoms with Crippen LogP contribution in [0.15, 0.2) is 24.3 Å². The fraction of sp³-hybridized carbons (Fsp3) is 0.667. The number of aliphatic hydroxyl groups excluding tert-OH is 1. The Hall–Kier alpha value is -1.06. The predicted molar refractivity (Wildman–Crippen MR) is 84.4 cm³/mol. The van der Waals surface area contributed by atoms with Gasteiger partial charge < -0.3 is 9.84 Å². The third kappa shape index (κ3) is 3.58. The summed E-state index contributed by atoms with van der Waals surface area (Å²) < 4.78 is 5.85. The van der Waals surface area contributed by atoms with Crippen LogP contribution < -0.4 is 4.74 Å². The summed E-state index contributed by atoms with van der Waals surface area (Å²) in [5.74, 6) is 1.03. The van der Waals surface area contributed by atoms with E-state index >= 15 is 0 Å². The number of hydrogen-bond acceptors (Lipinski definition) is 3. The first kappa shape index (κ1) is 14.9. The van der Waals surface area contributed by atoms with Crippen molar-refractivity contribution in [2.24, 2.45) is 5.41 Å². The van der Waals surface area contributed by atoms with Gasteiger partial charge >= 0.3 is 0 Å². The molecule has 0 unspecified atom stereocenters. The molecule has 0 aromatic heterocycles. The van der Waals surface area contributed by atoms with Crippen molar-refractivity contribution in [3.05, 3.63) is 29.8 Å². The lowest BCUT2D eigenvalue weighted by Crippen LogP contribution is -2.40. The van der Waals surface area contributed by atoms with Crippen molar-refractivity contribution in [3.63, 3.8) is 0 Å². The minimum absolute atomic E-state index is 0.107. The topological polar surface area (TPSA) is 32.7 Å². The van der Waals surface area contributed by atoms with Crippen molar-refractivity contribution in [3.8, 4) is 5.75 Å². The van der Waals surface area contributed by atoms with E-state index in [1.807, 2.05) is 6.07 Å². The summed E-state index contributed by atoms with van der Waals surface area (Å²) in [7, 11) is 0. The van der Waals surface area contributed by atoms with Gasteiger partial charge in [-0.15, -0.1) is 0 Å². The predicted octanol–water partition coefficient (Wildman–Crippen LogP) is 3.21. The molecule has 0 amide bonds. The van der Waals surface area contributed by atoms with Crippen LogP contribution in [0, 0.1) is 5.41 Å². The lowest BCUT2D eigenvalue weighted by Gasteiger charge is -2.36. The van der Waals surface area contributed by atoms with Crippen molar-refractivity contribution in [2.45, 2.75) is 45.1 Å². The molecule has 1 aliphatic heterocycles. The van der Waals surface area contributed by atoms with Gasteiger partial charge in [-0.25, -0.2) is 0 Å². The standard InChI is InChI=1S/C18H27NO2/c20-15-18(9-5-1-2-6-10-18)14-19-11-12-21-17-8-4-3-7-16(17)13-19/h3-4,7-8,20H,1-2,5-6,9-15H2. The fourth-order valence-corrected chi connectivity index (χ4v) is 3.83. The summed E-state index contributed by atoms with van der Waals surface area (Å²) in [6.07, 6.45) is 7.52. The average Bonchev–Trinajstić information content (AvgIpc) is 2.86. The first-order valence-corrected chi connectivity index (χ1v) is 8.35. The number of aliphatic hydroxyl groups is 1. The molecule has 3 rings (SSSR count). The van der Waals surface area contributed by atoms with Gasteiger partial charge in [0.05, 0.1) is 0 Å². The van der Waals surface area contributed by atoms with Gasteiger partial charge in [-0.1, -0.05) is 43.9 Å². The second-order valence-electron chi connectivity index (χ2n) is 6.74. The normalized spacial score (nSPS) is 22.7. The molecule has 0 spiro atoms. The number of benzene rings is 1. The first-order chi connectivity index (χ1) is 10.3. The second-order valence-corrected chi connectivity index (χ2v) is 6.74. The summed E-state index contributed by atoms with van der Waals surface area (Å²) in [6.45, 7) is 3.97. The maximum absolute atomic E-state index is 10.0. The molecule has 0 radical (unpaired) electrons. The van der Waals surface area contributed by atoms with Gasteiger partial charge in [0, 0.05) is 37.2 Å². The molecule has 0 saturated heterocycles. The summed E-state index contributed by atoms with van der Waals surface area (Å²) >= 11 is 0. The number of ether oxygens (including phenoxy) is 1. The van der Waals surface area contributed by atoms with Crippen LogP contribution >= 0.6 is 0 Å². The van der Waals surface area contributed by atoms with Gasteiger partial charge in [-0.2, -0.15) is 0 Å². The van der Waals surface area contributed by atoms with Crippen LogP contribution in [-0.4, -0.2) is 36.3 Å². The summed E-state index contributed by atoms with van der Waals surface area (Å²) in [4.78, 5) is 2.48. The molecule has 1 N–H and O–H groups in total. The van der Waals surface area contributed by atoms with E-state index in [1.165, 1.54) is 44.1 Å². The van der Waals surface area contributed by atoms with Gasteiger partial charge in [0.1, 0.15) is 12.4 Å². The van der Waals surface area contributed by atoms with E-state index in [-0.39, 0.29) is 5.41 Å². The lowest BCUT2D eigenvalue weighted by atomic mass is 9.80. The fourth-order valence-electron chi connectivity index (χ4n) is 3.83. The maximum atomic E-state index is 10.0. The Bertz CT molecular complexity index is 452. The summed E-state index contributed by atoms with van der Waals surface area (Å²) in [6, 6.07) is 8.34. The Morgan fingerprint density at radius 3 is 2.62 bits per heavy atom. The quantitative estimate of drug-likeness (QED) is 0.867. The highest BCUT2D eigenvalue weighted by molar-refractivity contribution is 5.33. The molecule has 1 fully saturated rings. The number of nitrogens with zero attached hydrogens (tertiary/aromatic N) is 1. The van der Waals surface area contributed by atoms with Crippen molar-refractivity contribution in [1.82, 2.24) is 4.90 Å². The smallest absolute Gasteiger partial charge is 0.123 e. The van der Waals surface area contributed by atoms with Crippen LogP contribution in [0.5, 0.6) is 5.75 Å². The molecule has 3 heteroatoms. The van der Waals surface area contributed by atoms with Crippen molar-refractivity contribution in [2.75, 3.05) is 26.3 Å². The Kier molecular flexibility index (Phi) is 4.81. The Balaban J connectivity index is 1.71. The van der Waals surface area contributed by atoms with Crippen LogP contribution in [0.1, 0.15) is 44.1 Å². The zero-order chi connectivity index (χ0) is 14.5. The van der Waals surface area contributed by atoms with Gasteiger partial charge in [0.15, 0.2) is 0 Å². The highest BCUT2D eigenvalue weighted by atomic mass is 16.5. The maximum Gasteiger partial charge on any atom is 0.123 e. The molecular weight excluding hydrogens is 262 g/mol. The first-order valence-electron chi connectivity index (χ1n) is 8.35. The van der Waals surface area contributed by atoms with Crippen molar-refractivity contribution >= 4 is 0 Å². The molecule has 1 heterocycles. The number of hydrogen-bond donors (Lipinski definition) is 1. The van der Waals surface area contributed by atoms with E-state index in [4.69, 9.17) is 4.74 Å². The van der Waals surface area contributed by atoms with E-state index in [2.05, 4.69) is 23.1 Å². The highest BCUT2D eigenvalue weighted by Gasteiger charge is 2.33. The zero-order valence-corrected chi connectivity index (χ0v) is 12.9. The molecular formula is C18H27NO2. The molecule has 2 aliphatic rings. The Morgan fingerprint density at radius 2 is 1.86 bits per heavy atom. The Labute approximate surface area is 127 Å². The largest absolute Gasteiger partial charge is 0.492 e. The summed E-state index contributed by atoms with van der Waals surface area (Å²) in [5.41, 5.74) is 1.38. The molecule has 1 aromatic rings. The molecule has 3 nitrogen and oxygen atoms in total. The van der Waals surface area contributed by atoms with Crippen LogP contribution in [-0.2, 0) is 6.54 Å². The molecule has 21 heavy (non-hydrogen) atoms. The van der Waals surface area contributed by atoms with Gasteiger partial charge in [0.25, 0.3) is 0 Å². The molecule has 0 bridgehead atoms. The number of para-hydroxylation sites is 1. The highest BCUT2D eigenvalue weighted by Crippen LogP contribution is 2.36. The van der Waals surface area contributed by atoms with E-state index in [0.717, 1.165) is 32.0 Å². The van der Waals surface area contributed by atoms with Crippen LogP contribution in [0.2, 0.25) is 0 Å². The van der Waals surface area contributed by atoms with Crippen LogP contribution in [0.25, 0.3) is 0 Å². The third-order valence-corrected chi connectivity index (χ3v) is 5.09. The lowest BCUT2D eigenvalue weighted by molar-refractivity contribution is 0.0542. The van der Waals surface area contributed by atoms with Crippen molar-refractivity contribution < 1.29 is 9.84 Å². The van der Waals surface area contributed by atoms with Crippen LogP contribution in [0.3, 0.4) is 0 Å². The van der Waals surface area contributed by atoms with Gasteiger partial charge in [0.2, 0.25) is 0 Å². The second kappa shape index (κ2) is 6.80. The zero-order valence-electron chi connectivity index (χ0n) is 12.9. The van der Waals surface area contributed by atoms with E-state index in [9.17, 15) is 5.11 Å². The van der Waals surface area contributed by atoms with E-state index < -0.39 is 0 Å². The molecule has 1 aliphatic carbocycles. The van der Waals surface area contributed by atoms with E-state index in [0.29, 0.717) is 6.61 Å². The molecule has 1 saturated carbocycles. The number of rotatable bonds is 3. The Morgan fingerprint density at radius 1 is 1.10 bits per heavy atom. The van der Waals surface area contributed by atoms with Crippen molar-refractivity contribution in [1.29, 1.82) is 0 Å². The van der Waals surface area contributed by atoms with E-state index in [1.54, 1.807) is 0 Å². The minimum atomic E-state index is 0.107.